The fraction of sp³-hybridized carbons (Fsp3) is 0.562. The average molecular weight is 292 g/mol. The smallest absolute Gasteiger partial charge is 0.157 e. The van der Waals surface area contributed by atoms with Crippen LogP contribution in [0.5, 0.6) is 0 Å². The van der Waals surface area contributed by atoms with Gasteiger partial charge in [0, 0.05) is 16.9 Å². The first kappa shape index (κ1) is 13.9. The van der Waals surface area contributed by atoms with Crippen LogP contribution < -0.4 is 5.32 Å². The van der Waals surface area contributed by atoms with Crippen molar-refractivity contribution in [3.05, 3.63) is 35.6 Å². The molecule has 0 saturated heterocycles. The van der Waals surface area contributed by atoms with Gasteiger partial charge in [-0.05, 0) is 45.6 Å². The van der Waals surface area contributed by atoms with Gasteiger partial charge in [-0.15, -0.1) is 0 Å². The summed E-state index contributed by atoms with van der Waals surface area (Å²) in [7, 11) is 0. The summed E-state index contributed by atoms with van der Waals surface area (Å²) in [5, 5.41) is 4.42. The molecular weight excluding hydrogens is 271 g/mol. The Kier molecular flexibility index (Phi) is 3.32. The minimum absolute atomic E-state index is 0.0169. The predicted octanol–water partition coefficient (Wildman–Crippen LogP) is 3.92. The standard InChI is InChI=1S/C16H21FN2S/c1-15(2,3)18-14-19-16(10-11(16)8-9-20-14)12-6-4-5-7-13(12)17/h4-7,11H,8-10H2,1-3H3,(H,18,19). The molecule has 0 radical (unpaired) electrons. The fourth-order valence-electron chi connectivity index (χ4n) is 2.89. The van der Waals surface area contributed by atoms with Gasteiger partial charge in [0.25, 0.3) is 0 Å². The van der Waals surface area contributed by atoms with Crippen LogP contribution in [-0.4, -0.2) is 16.5 Å². The van der Waals surface area contributed by atoms with Crippen LogP contribution >= 0.6 is 11.8 Å². The first-order chi connectivity index (χ1) is 9.41. The Bertz CT molecular complexity index is 550. The number of aliphatic imine (C=N–C) groups is 1. The Labute approximate surface area is 124 Å². The fourth-order valence-corrected chi connectivity index (χ4v) is 4.09. The van der Waals surface area contributed by atoms with E-state index in [4.69, 9.17) is 4.99 Å². The van der Waals surface area contributed by atoms with Crippen molar-refractivity contribution >= 4 is 16.9 Å². The molecule has 0 amide bonds. The molecule has 4 heteroatoms. The highest BCUT2D eigenvalue weighted by Gasteiger charge is 2.57. The van der Waals surface area contributed by atoms with Gasteiger partial charge in [0.2, 0.25) is 0 Å². The molecule has 0 bridgehead atoms. The highest BCUT2D eigenvalue weighted by atomic mass is 32.2. The normalized spacial score (nSPS) is 29.2. The second-order valence-electron chi connectivity index (χ2n) is 6.73. The van der Waals surface area contributed by atoms with Crippen LogP contribution in [0.2, 0.25) is 0 Å². The lowest BCUT2D eigenvalue weighted by Gasteiger charge is -2.24. The second-order valence-corrected chi connectivity index (χ2v) is 7.82. The van der Waals surface area contributed by atoms with Crippen LogP contribution in [-0.2, 0) is 5.54 Å². The third-order valence-electron chi connectivity index (χ3n) is 3.90. The minimum atomic E-state index is -0.317. The highest BCUT2D eigenvalue weighted by Crippen LogP contribution is 2.59. The quantitative estimate of drug-likeness (QED) is 0.848. The Morgan fingerprint density at radius 1 is 1.35 bits per heavy atom. The number of amidine groups is 1. The molecule has 1 aromatic carbocycles. The third kappa shape index (κ3) is 2.58. The Morgan fingerprint density at radius 2 is 2.10 bits per heavy atom. The van der Waals surface area contributed by atoms with E-state index in [1.165, 1.54) is 0 Å². The second kappa shape index (κ2) is 4.76. The lowest BCUT2D eigenvalue weighted by Crippen LogP contribution is -2.39. The molecule has 1 aliphatic carbocycles. The van der Waals surface area contributed by atoms with E-state index in [9.17, 15) is 4.39 Å². The van der Waals surface area contributed by atoms with Crippen molar-refractivity contribution in [2.75, 3.05) is 5.75 Å². The summed E-state index contributed by atoms with van der Waals surface area (Å²) < 4.78 is 14.1. The summed E-state index contributed by atoms with van der Waals surface area (Å²) in [5.41, 5.74) is 0.431. The van der Waals surface area contributed by atoms with Crippen LogP contribution in [0.3, 0.4) is 0 Å². The molecule has 1 saturated carbocycles. The topological polar surface area (TPSA) is 24.4 Å². The van der Waals surface area contributed by atoms with E-state index in [-0.39, 0.29) is 16.9 Å². The number of nitrogens with zero attached hydrogens (tertiary/aromatic N) is 1. The molecule has 1 heterocycles. The van der Waals surface area contributed by atoms with E-state index in [1.807, 2.05) is 12.1 Å². The third-order valence-corrected chi connectivity index (χ3v) is 4.81. The molecule has 2 nitrogen and oxygen atoms in total. The van der Waals surface area contributed by atoms with Gasteiger partial charge in [-0.25, -0.2) is 4.39 Å². The van der Waals surface area contributed by atoms with E-state index in [0.717, 1.165) is 29.3 Å². The van der Waals surface area contributed by atoms with Gasteiger partial charge >= 0.3 is 0 Å². The van der Waals surface area contributed by atoms with E-state index >= 15 is 0 Å². The maximum absolute atomic E-state index is 14.1. The van der Waals surface area contributed by atoms with Gasteiger partial charge in [0.05, 0.1) is 5.54 Å². The zero-order valence-corrected chi connectivity index (χ0v) is 13.1. The predicted molar refractivity (Wildman–Crippen MR) is 83.6 cm³/mol. The van der Waals surface area contributed by atoms with Gasteiger partial charge in [-0.1, -0.05) is 30.0 Å². The zero-order chi connectivity index (χ0) is 14.4. The molecular formula is C16H21FN2S. The summed E-state index contributed by atoms with van der Waals surface area (Å²) in [6.07, 6.45) is 2.08. The molecule has 0 spiro atoms. The van der Waals surface area contributed by atoms with Crippen molar-refractivity contribution in [1.29, 1.82) is 0 Å². The van der Waals surface area contributed by atoms with Gasteiger partial charge in [0.15, 0.2) is 5.17 Å². The van der Waals surface area contributed by atoms with Crippen LogP contribution in [0.1, 0.15) is 39.2 Å². The first-order valence-electron chi connectivity index (χ1n) is 7.17. The number of hydrogen-bond acceptors (Lipinski definition) is 3. The van der Waals surface area contributed by atoms with Crippen LogP contribution in [0.25, 0.3) is 0 Å². The summed E-state index contributed by atoms with van der Waals surface area (Å²) in [5.74, 6) is 1.43. The van der Waals surface area contributed by atoms with Gasteiger partial charge in [-0.3, -0.25) is 4.99 Å². The molecule has 3 rings (SSSR count). The molecule has 20 heavy (non-hydrogen) atoms. The molecule has 2 unspecified atom stereocenters. The Morgan fingerprint density at radius 3 is 2.80 bits per heavy atom. The minimum Gasteiger partial charge on any atom is -0.360 e. The maximum Gasteiger partial charge on any atom is 0.157 e. The van der Waals surface area contributed by atoms with E-state index < -0.39 is 0 Å². The van der Waals surface area contributed by atoms with Crippen molar-refractivity contribution in [3.63, 3.8) is 0 Å². The largest absolute Gasteiger partial charge is 0.360 e. The van der Waals surface area contributed by atoms with Crippen LogP contribution in [0, 0.1) is 11.7 Å². The SMILES string of the molecule is CC(C)(C)NC1=NC2(c3ccccc3F)CC2CCS1. The monoisotopic (exact) mass is 292 g/mol. The van der Waals surface area contributed by atoms with Crippen LogP contribution in [0.15, 0.2) is 29.3 Å². The molecule has 1 fully saturated rings. The molecule has 0 aromatic heterocycles. The molecule has 2 atom stereocenters. The lowest BCUT2D eigenvalue weighted by atomic mass is 10.0. The first-order valence-corrected chi connectivity index (χ1v) is 8.15. The molecule has 2 aliphatic rings. The number of thioether (sulfide) groups is 1. The molecule has 1 N–H and O–H groups in total. The van der Waals surface area contributed by atoms with Gasteiger partial charge in [-0.2, -0.15) is 0 Å². The summed E-state index contributed by atoms with van der Waals surface area (Å²) in [4.78, 5) is 4.93. The van der Waals surface area contributed by atoms with Gasteiger partial charge < -0.3 is 5.32 Å². The highest BCUT2D eigenvalue weighted by molar-refractivity contribution is 8.13. The van der Waals surface area contributed by atoms with E-state index in [0.29, 0.717) is 5.92 Å². The summed E-state index contributed by atoms with van der Waals surface area (Å²) in [6.45, 7) is 6.38. The van der Waals surface area contributed by atoms with Crippen molar-refractivity contribution < 1.29 is 4.39 Å². The number of nitrogens with one attached hydrogen (secondary N) is 1. The molecule has 1 aliphatic heterocycles. The van der Waals surface area contributed by atoms with Crippen molar-refractivity contribution in [2.24, 2.45) is 10.9 Å². The molecule has 1 aromatic rings. The Hall–Kier alpha value is -1.03. The number of halogens is 1. The summed E-state index contributed by atoms with van der Waals surface area (Å²) >= 11 is 1.76. The van der Waals surface area contributed by atoms with E-state index in [2.05, 4.69) is 26.1 Å². The number of rotatable bonds is 1. The zero-order valence-electron chi connectivity index (χ0n) is 12.2. The lowest BCUT2D eigenvalue weighted by molar-refractivity contribution is 0.508. The summed E-state index contributed by atoms with van der Waals surface area (Å²) in [6, 6.07) is 7.09. The number of fused-ring (bicyclic) bond motifs is 1. The van der Waals surface area contributed by atoms with E-state index in [1.54, 1.807) is 23.9 Å². The van der Waals surface area contributed by atoms with Crippen LogP contribution in [0.4, 0.5) is 4.39 Å². The number of benzene rings is 1. The number of hydrogen-bond donors (Lipinski definition) is 1. The van der Waals surface area contributed by atoms with Crippen molar-refractivity contribution in [1.82, 2.24) is 5.32 Å². The average Bonchev–Trinajstić information content (AvgIpc) is 3.02. The van der Waals surface area contributed by atoms with Crippen molar-refractivity contribution in [3.8, 4) is 0 Å². The van der Waals surface area contributed by atoms with Crippen molar-refractivity contribution in [2.45, 2.75) is 44.7 Å². The van der Waals surface area contributed by atoms with Gasteiger partial charge in [0.1, 0.15) is 5.82 Å². The maximum atomic E-state index is 14.1. The molecule has 108 valence electrons. The Balaban J connectivity index is 1.96.